The van der Waals surface area contributed by atoms with Crippen molar-refractivity contribution >= 4 is 5.97 Å². The first-order chi connectivity index (χ1) is 4.95. The molecule has 0 aromatic carbocycles. The molecule has 62 valence electrons. The fourth-order valence-electron chi connectivity index (χ4n) is 1.55. The largest absolute Gasteiger partial charge is 0.476 e. The average Bonchev–Trinajstić information content (AvgIpc) is 2.37. The summed E-state index contributed by atoms with van der Waals surface area (Å²) in [6.07, 6.45) is 0. The number of hydrogen-bond donors (Lipinski definition) is 1. The summed E-state index contributed by atoms with van der Waals surface area (Å²) >= 11 is 0. The van der Waals surface area contributed by atoms with Crippen LogP contribution in [0.25, 0.3) is 0 Å². The normalized spacial score (nSPS) is 41.6. The Morgan fingerprint density at radius 1 is 1.55 bits per heavy atom. The summed E-state index contributed by atoms with van der Waals surface area (Å²) in [4.78, 5) is 20.2. The van der Waals surface area contributed by atoms with Gasteiger partial charge in [0.2, 0.25) is 0 Å². The first-order valence-electron chi connectivity index (χ1n) is 3.33. The van der Waals surface area contributed by atoms with Crippen molar-refractivity contribution in [1.82, 2.24) is 0 Å². The van der Waals surface area contributed by atoms with E-state index in [2.05, 4.69) is 0 Å². The van der Waals surface area contributed by atoms with E-state index in [0.29, 0.717) is 0 Å². The third kappa shape index (κ3) is 0.677. The summed E-state index contributed by atoms with van der Waals surface area (Å²) in [6, 6.07) is 0. The number of nitrogens with zero attached hydrogens (tertiary/aromatic N) is 1. The molecule has 0 radical (unpaired) electrons. The first-order valence-corrected chi connectivity index (χ1v) is 3.33. The molecule has 1 rings (SSSR count). The van der Waals surface area contributed by atoms with Crippen LogP contribution in [-0.2, 0) is 4.79 Å². The predicted octanol–water partition coefficient (Wildman–Crippen LogP) is 0.372. The molecule has 1 aliphatic carbocycles. The van der Waals surface area contributed by atoms with Gasteiger partial charge >= 0.3 is 11.5 Å². The van der Waals surface area contributed by atoms with Gasteiger partial charge in [-0.1, -0.05) is 13.8 Å². The van der Waals surface area contributed by atoms with E-state index >= 15 is 0 Å². The molecule has 0 aromatic rings. The highest BCUT2D eigenvalue weighted by Gasteiger charge is 2.77. The molecule has 0 spiro atoms. The standard InChI is InChI=1S/C6H9NO4/c1-3-4(2)6(3,5(8)9)7(10)11/h3-4H,1-2H3,(H,8,9). The van der Waals surface area contributed by atoms with E-state index in [4.69, 9.17) is 5.11 Å². The maximum absolute atomic E-state index is 10.5. The highest BCUT2D eigenvalue weighted by Crippen LogP contribution is 2.52. The van der Waals surface area contributed by atoms with Crippen molar-refractivity contribution in [3.8, 4) is 0 Å². The molecule has 5 nitrogen and oxygen atoms in total. The summed E-state index contributed by atoms with van der Waals surface area (Å²) in [6.45, 7) is 3.17. The molecule has 0 heterocycles. The third-order valence-electron chi connectivity index (χ3n) is 2.67. The van der Waals surface area contributed by atoms with Gasteiger partial charge in [-0.05, 0) is 0 Å². The zero-order valence-corrected chi connectivity index (χ0v) is 6.27. The lowest BCUT2D eigenvalue weighted by Crippen LogP contribution is -2.35. The van der Waals surface area contributed by atoms with Crippen molar-refractivity contribution in [2.24, 2.45) is 11.8 Å². The lowest BCUT2D eigenvalue weighted by molar-refractivity contribution is -0.531. The molecule has 2 unspecified atom stereocenters. The van der Waals surface area contributed by atoms with Crippen molar-refractivity contribution in [2.75, 3.05) is 0 Å². The number of carboxylic acid groups (broad SMARTS) is 1. The lowest BCUT2D eigenvalue weighted by Gasteiger charge is -2.00. The average molecular weight is 159 g/mol. The molecule has 0 bridgehead atoms. The molecule has 1 N–H and O–H groups in total. The minimum atomic E-state index is -1.69. The smallest absolute Gasteiger partial charge is 0.382 e. The Morgan fingerprint density at radius 2 is 1.91 bits per heavy atom. The zero-order valence-electron chi connectivity index (χ0n) is 6.27. The Hall–Kier alpha value is -1.13. The van der Waals surface area contributed by atoms with Crippen molar-refractivity contribution in [2.45, 2.75) is 19.4 Å². The van der Waals surface area contributed by atoms with Gasteiger partial charge in [0.1, 0.15) is 0 Å². The zero-order chi connectivity index (χ0) is 8.81. The van der Waals surface area contributed by atoms with Gasteiger partial charge < -0.3 is 5.11 Å². The topological polar surface area (TPSA) is 80.4 Å². The highest BCUT2D eigenvalue weighted by atomic mass is 16.6. The van der Waals surface area contributed by atoms with Crippen molar-refractivity contribution in [3.05, 3.63) is 10.1 Å². The molecule has 1 fully saturated rings. The molecule has 0 saturated heterocycles. The fraction of sp³-hybridized carbons (Fsp3) is 0.833. The van der Waals surface area contributed by atoms with E-state index in [1.54, 1.807) is 13.8 Å². The molecule has 0 amide bonds. The molecule has 5 heteroatoms. The van der Waals surface area contributed by atoms with E-state index in [1.165, 1.54) is 0 Å². The Labute approximate surface area is 63.2 Å². The predicted molar refractivity (Wildman–Crippen MR) is 35.7 cm³/mol. The maximum Gasteiger partial charge on any atom is 0.382 e. The second-order valence-electron chi connectivity index (χ2n) is 2.96. The van der Waals surface area contributed by atoms with Crippen LogP contribution in [0.4, 0.5) is 0 Å². The molecule has 11 heavy (non-hydrogen) atoms. The van der Waals surface area contributed by atoms with Crippen molar-refractivity contribution in [3.63, 3.8) is 0 Å². The Kier molecular flexibility index (Phi) is 1.40. The van der Waals surface area contributed by atoms with Crippen LogP contribution in [0.5, 0.6) is 0 Å². The first kappa shape index (κ1) is 7.97. The summed E-state index contributed by atoms with van der Waals surface area (Å²) < 4.78 is 0. The summed E-state index contributed by atoms with van der Waals surface area (Å²) in [5.41, 5.74) is -1.69. The Bertz CT molecular complexity index is 201. The van der Waals surface area contributed by atoms with Gasteiger partial charge in [0, 0.05) is 16.8 Å². The summed E-state index contributed by atoms with van der Waals surface area (Å²) in [7, 11) is 0. The van der Waals surface area contributed by atoms with Gasteiger partial charge in [0.05, 0.1) is 0 Å². The number of aliphatic carboxylic acids is 1. The second-order valence-corrected chi connectivity index (χ2v) is 2.96. The molecule has 0 aliphatic heterocycles. The minimum absolute atomic E-state index is 0.352. The van der Waals surface area contributed by atoms with E-state index in [9.17, 15) is 14.9 Å². The number of carboxylic acids is 1. The van der Waals surface area contributed by atoms with Gasteiger partial charge in [-0.25, -0.2) is 4.79 Å². The highest BCUT2D eigenvalue weighted by molar-refractivity contribution is 5.82. The molecule has 1 saturated carbocycles. The van der Waals surface area contributed by atoms with Crippen molar-refractivity contribution in [1.29, 1.82) is 0 Å². The summed E-state index contributed by atoms with van der Waals surface area (Å²) in [5.74, 6) is -2.02. The van der Waals surface area contributed by atoms with E-state index in [0.717, 1.165) is 0 Å². The number of carbonyl (C=O) groups is 1. The molecular weight excluding hydrogens is 150 g/mol. The molecule has 1 aliphatic rings. The molecule has 0 aromatic heterocycles. The van der Waals surface area contributed by atoms with Crippen molar-refractivity contribution < 1.29 is 14.8 Å². The second kappa shape index (κ2) is 1.93. The molecule has 2 atom stereocenters. The van der Waals surface area contributed by atoms with Gasteiger partial charge in [0.25, 0.3) is 0 Å². The quantitative estimate of drug-likeness (QED) is 0.466. The van der Waals surface area contributed by atoms with Crippen LogP contribution >= 0.6 is 0 Å². The van der Waals surface area contributed by atoms with Gasteiger partial charge in [-0.3, -0.25) is 10.1 Å². The Balaban J connectivity index is 2.96. The number of rotatable bonds is 2. The fourth-order valence-corrected chi connectivity index (χ4v) is 1.55. The Morgan fingerprint density at radius 3 is 1.91 bits per heavy atom. The maximum atomic E-state index is 10.5. The SMILES string of the molecule is CC1C(C)C1(C(=O)O)[N+](=O)[O-]. The van der Waals surface area contributed by atoms with Crippen LogP contribution in [0.2, 0.25) is 0 Å². The van der Waals surface area contributed by atoms with Crippen LogP contribution in [0.3, 0.4) is 0 Å². The van der Waals surface area contributed by atoms with Crippen LogP contribution in [0.15, 0.2) is 0 Å². The minimum Gasteiger partial charge on any atom is -0.476 e. The summed E-state index contributed by atoms with van der Waals surface area (Å²) in [5, 5.41) is 18.9. The number of nitro groups is 1. The van der Waals surface area contributed by atoms with Gasteiger partial charge in [-0.2, -0.15) is 0 Å². The van der Waals surface area contributed by atoms with E-state index < -0.39 is 16.4 Å². The number of hydrogen-bond acceptors (Lipinski definition) is 3. The van der Waals surface area contributed by atoms with Crippen LogP contribution in [-0.4, -0.2) is 21.5 Å². The van der Waals surface area contributed by atoms with Gasteiger partial charge in [-0.15, -0.1) is 0 Å². The monoisotopic (exact) mass is 159 g/mol. The van der Waals surface area contributed by atoms with Crippen LogP contribution < -0.4 is 0 Å². The molecular formula is C6H9NO4. The van der Waals surface area contributed by atoms with Gasteiger partial charge in [0.15, 0.2) is 0 Å². The van der Waals surface area contributed by atoms with Crippen LogP contribution in [0.1, 0.15) is 13.8 Å². The third-order valence-corrected chi connectivity index (χ3v) is 2.67. The van der Waals surface area contributed by atoms with E-state index in [1.807, 2.05) is 0 Å². The van der Waals surface area contributed by atoms with E-state index in [-0.39, 0.29) is 11.8 Å². The lowest BCUT2D eigenvalue weighted by atomic mass is 10.2. The van der Waals surface area contributed by atoms with Crippen LogP contribution in [0, 0.1) is 22.0 Å².